The molecule has 0 bridgehead atoms. The quantitative estimate of drug-likeness (QED) is 0.877. The topological polar surface area (TPSA) is 54.3 Å². The van der Waals surface area contributed by atoms with Gasteiger partial charge in [0, 0.05) is 48.3 Å². The van der Waals surface area contributed by atoms with Crippen molar-refractivity contribution in [3.8, 4) is 0 Å². The van der Waals surface area contributed by atoms with Crippen molar-refractivity contribution in [2.75, 3.05) is 19.8 Å². The first-order valence-electron chi connectivity index (χ1n) is 9.05. The van der Waals surface area contributed by atoms with E-state index in [1.165, 1.54) is 24.1 Å². The SMILES string of the molecule is CNC(=O)c1ccc([C@H]2CCCCN2Cc2ccc([S@@](C)=O)cc2)n1C. The van der Waals surface area contributed by atoms with Crippen LogP contribution in [0.2, 0.25) is 0 Å². The van der Waals surface area contributed by atoms with E-state index in [0.29, 0.717) is 11.7 Å². The molecule has 2 aromatic rings. The average Bonchev–Trinajstić information content (AvgIpc) is 3.03. The molecular formula is C20H27N3O2S. The Hall–Kier alpha value is -1.92. The molecule has 0 radical (unpaired) electrons. The maximum atomic E-state index is 12.0. The molecule has 1 saturated heterocycles. The first-order chi connectivity index (χ1) is 12.5. The predicted molar refractivity (Wildman–Crippen MR) is 105 cm³/mol. The lowest BCUT2D eigenvalue weighted by atomic mass is 9.98. The summed E-state index contributed by atoms with van der Waals surface area (Å²) in [6.45, 7) is 1.91. The van der Waals surface area contributed by atoms with Gasteiger partial charge in [-0.1, -0.05) is 18.6 Å². The highest BCUT2D eigenvalue weighted by Crippen LogP contribution is 2.33. The number of benzene rings is 1. The number of aromatic nitrogens is 1. The molecule has 2 atom stereocenters. The summed E-state index contributed by atoms with van der Waals surface area (Å²) in [5.74, 6) is -0.0516. The van der Waals surface area contributed by atoms with E-state index in [1.54, 1.807) is 13.3 Å². The fourth-order valence-corrected chi connectivity index (χ4v) is 4.27. The summed E-state index contributed by atoms with van der Waals surface area (Å²) in [7, 11) is 2.69. The first-order valence-corrected chi connectivity index (χ1v) is 10.6. The van der Waals surface area contributed by atoms with Crippen LogP contribution in [0.1, 0.15) is 47.1 Å². The molecule has 26 heavy (non-hydrogen) atoms. The number of likely N-dealkylation sites (tertiary alicyclic amines) is 1. The highest BCUT2D eigenvalue weighted by atomic mass is 32.2. The maximum Gasteiger partial charge on any atom is 0.267 e. The van der Waals surface area contributed by atoms with Gasteiger partial charge in [-0.3, -0.25) is 13.9 Å². The third-order valence-corrected chi connectivity index (χ3v) is 6.15. The second kappa shape index (κ2) is 8.18. The van der Waals surface area contributed by atoms with Crippen molar-refractivity contribution < 1.29 is 9.00 Å². The van der Waals surface area contributed by atoms with Gasteiger partial charge >= 0.3 is 0 Å². The van der Waals surface area contributed by atoms with E-state index >= 15 is 0 Å². The molecule has 1 aliphatic rings. The van der Waals surface area contributed by atoms with E-state index in [2.05, 4.69) is 28.4 Å². The molecule has 140 valence electrons. The normalized spacial score (nSPS) is 19.3. The molecule has 0 saturated carbocycles. The predicted octanol–water partition coefficient (Wildman–Crippen LogP) is 2.85. The first kappa shape index (κ1) is 18.9. The van der Waals surface area contributed by atoms with E-state index in [9.17, 15) is 9.00 Å². The Labute approximate surface area is 157 Å². The van der Waals surface area contributed by atoms with Gasteiger partial charge < -0.3 is 9.88 Å². The van der Waals surface area contributed by atoms with Gasteiger partial charge in [-0.2, -0.15) is 0 Å². The van der Waals surface area contributed by atoms with Gasteiger partial charge in [0.25, 0.3) is 5.91 Å². The Morgan fingerprint density at radius 2 is 1.92 bits per heavy atom. The Morgan fingerprint density at radius 1 is 1.19 bits per heavy atom. The summed E-state index contributed by atoms with van der Waals surface area (Å²) in [4.78, 5) is 15.4. The second-order valence-corrected chi connectivity index (χ2v) is 8.24. The standard InChI is InChI=1S/C20H27N3O2S/c1-21-20(24)19-12-11-17(22(19)2)18-6-4-5-13-23(18)14-15-7-9-16(10-8-15)26(3)25/h7-12,18H,4-6,13-14H2,1-3H3,(H,21,24)/t18-,26-/m1/s1. The van der Waals surface area contributed by atoms with Gasteiger partial charge in [-0.05, 0) is 49.2 Å². The number of carbonyl (C=O) groups is 1. The van der Waals surface area contributed by atoms with Gasteiger partial charge in [0.1, 0.15) is 5.69 Å². The van der Waals surface area contributed by atoms with Crippen LogP contribution in [0.5, 0.6) is 0 Å². The summed E-state index contributed by atoms with van der Waals surface area (Å²) < 4.78 is 13.6. The van der Waals surface area contributed by atoms with Gasteiger partial charge in [0.2, 0.25) is 0 Å². The third kappa shape index (κ3) is 3.91. The molecule has 5 nitrogen and oxygen atoms in total. The van der Waals surface area contributed by atoms with Crippen LogP contribution in [-0.2, 0) is 24.4 Å². The number of amides is 1. The van der Waals surface area contributed by atoms with Crippen LogP contribution in [-0.4, -0.2) is 39.4 Å². The number of hydrogen-bond acceptors (Lipinski definition) is 3. The molecular weight excluding hydrogens is 346 g/mol. The number of piperidine rings is 1. The van der Waals surface area contributed by atoms with Crippen LogP contribution >= 0.6 is 0 Å². The summed E-state index contributed by atoms with van der Waals surface area (Å²) in [6.07, 6.45) is 5.20. The zero-order valence-corrected chi connectivity index (χ0v) is 16.5. The molecule has 3 rings (SSSR count). The van der Waals surface area contributed by atoms with Crippen LogP contribution < -0.4 is 5.32 Å². The lowest BCUT2D eigenvalue weighted by Crippen LogP contribution is -2.34. The number of nitrogens with one attached hydrogen (secondary N) is 1. The zero-order chi connectivity index (χ0) is 18.7. The zero-order valence-electron chi connectivity index (χ0n) is 15.7. The third-order valence-electron chi connectivity index (χ3n) is 5.22. The molecule has 0 unspecified atom stereocenters. The van der Waals surface area contributed by atoms with Crippen LogP contribution in [0.25, 0.3) is 0 Å². The highest BCUT2D eigenvalue weighted by Gasteiger charge is 2.27. The number of carbonyl (C=O) groups excluding carboxylic acids is 1. The Morgan fingerprint density at radius 3 is 2.58 bits per heavy atom. The Bertz CT molecular complexity index is 798. The monoisotopic (exact) mass is 373 g/mol. The Balaban J connectivity index is 1.81. The molecule has 0 aliphatic carbocycles. The molecule has 1 fully saturated rings. The fourth-order valence-electron chi connectivity index (χ4n) is 3.75. The lowest BCUT2D eigenvalue weighted by Gasteiger charge is -2.36. The molecule has 1 aliphatic heterocycles. The van der Waals surface area contributed by atoms with Gasteiger partial charge in [0.05, 0.1) is 6.04 Å². The van der Waals surface area contributed by atoms with Crippen LogP contribution in [0, 0.1) is 0 Å². The largest absolute Gasteiger partial charge is 0.354 e. The van der Waals surface area contributed by atoms with Crippen molar-refractivity contribution in [3.05, 3.63) is 53.3 Å². The van der Waals surface area contributed by atoms with E-state index in [0.717, 1.165) is 24.4 Å². The van der Waals surface area contributed by atoms with Crippen LogP contribution in [0.4, 0.5) is 0 Å². The van der Waals surface area contributed by atoms with Crippen molar-refractivity contribution in [2.24, 2.45) is 7.05 Å². The van der Waals surface area contributed by atoms with Crippen molar-refractivity contribution in [3.63, 3.8) is 0 Å². The molecule has 1 aromatic carbocycles. The van der Waals surface area contributed by atoms with E-state index in [4.69, 9.17) is 0 Å². The van der Waals surface area contributed by atoms with Gasteiger partial charge in [-0.25, -0.2) is 0 Å². The van der Waals surface area contributed by atoms with E-state index in [-0.39, 0.29) is 5.91 Å². The smallest absolute Gasteiger partial charge is 0.267 e. The van der Waals surface area contributed by atoms with Crippen LogP contribution in [0.15, 0.2) is 41.3 Å². The van der Waals surface area contributed by atoms with Crippen LogP contribution in [0.3, 0.4) is 0 Å². The maximum absolute atomic E-state index is 12.0. The highest BCUT2D eigenvalue weighted by molar-refractivity contribution is 7.84. The van der Waals surface area contributed by atoms with E-state index < -0.39 is 10.8 Å². The van der Waals surface area contributed by atoms with Gasteiger partial charge in [0.15, 0.2) is 0 Å². The van der Waals surface area contributed by atoms with Crippen molar-refractivity contribution >= 4 is 16.7 Å². The van der Waals surface area contributed by atoms with Gasteiger partial charge in [-0.15, -0.1) is 0 Å². The van der Waals surface area contributed by atoms with Crippen molar-refractivity contribution in [1.82, 2.24) is 14.8 Å². The molecule has 0 spiro atoms. The molecule has 6 heteroatoms. The molecule has 1 amide bonds. The average molecular weight is 374 g/mol. The summed E-state index contributed by atoms with van der Waals surface area (Å²) in [5.41, 5.74) is 3.12. The second-order valence-electron chi connectivity index (χ2n) is 6.86. The Kier molecular flexibility index (Phi) is 5.94. The minimum Gasteiger partial charge on any atom is -0.354 e. The molecule has 1 aromatic heterocycles. The minimum absolute atomic E-state index is 0.0516. The molecule has 1 N–H and O–H groups in total. The summed E-state index contributed by atoms with van der Waals surface area (Å²) in [6, 6.07) is 12.4. The number of rotatable bonds is 5. The van der Waals surface area contributed by atoms with Crippen molar-refractivity contribution in [1.29, 1.82) is 0 Å². The van der Waals surface area contributed by atoms with E-state index in [1.807, 2.05) is 29.8 Å². The minimum atomic E-state index is -0.941. The molecule has 2 heterocycles. The lowest BCUT2D eigenvalue weighted by molar-refractivity contribution is 0.0952. The summed E-state index contributed by atoms with van der Waals surface area (Å²) in [5, 5.41) is 2.71. The fraction of sp³-hybridized carbons (Fsp3) is 0.450. The number of hydrogen-bond donors (Lipinski definition) is 1. The number of nitrogens with zero attached hydrogens (tertiary/aromatic N) is 2. The summed E-state index contributed by atoms with van der Waals surface area (Å²) >= 11 is 0. The van der Waals surface area contributed by atoms with Crippen molar-refractivity contribution in [2.45, 2.75) is 36.7 Å².